The van der Waals surface area contributed by atoms with Gasteiger partial charge < -0.3 is 9.80 Å². The molecule has 4 heteroatoms. The minimum atomic E-state index is 0.296. The van der Waals surface area contributed by atoms with E-state index >= 15 is 0 Å². The number of rotatable bonds is 5. The Morgan fingerprint density at radius 1 is 1.00 bits per heavy atom. The monoisotopic (exact) mass is 354 g/mol. The fourth-order valence-corrected chi connectivity index (χ4v) is 4.71. The van der Waals surface area contributed by atoms with Crippen molar-refractivity contribution in [2.45, 2.75) is 57.4 Å². The molecule has 3 aliphatic rings. The van der Waals surface area contributed by atoms with Crippen LogP contribution in [-0.4, -0.2) is 47.3 Å². The first-order valence-electron chi connectivity index (χ1n) is 10.3. The molecule has 2 aliphatic heterocycles. The zero-order valence-electron chi connectivity index (χ0n) is 15.6. The maximum atomic E-state index is 12.6. The van der Waals surface area contributed by atoms with Gasteiger partial charge in [0.15, 0.2) is 0 Å². The zero-order chi connectivity index (χ0) is 17.9. The van der Waals surface area contributed by atoms with Crippen LogP contribution in [0.2, 0.25) is 0 Å². The fraction of sp³-hybridized carbons (Fsp3) is 0.636. The molecule has 0 aromatic heterocycles. The number of hydrogen-bond acceptors (Lipinski definition) is 2. The molecule has 3 fully saturated rings. The third-order valence-electron chi connectivity index (χ3n) is 6.33. The summed E-state index contributed by atoms with van der Waals surface area (Å²) in [6.45, 7) is 2.60. The van der Waals surface area contributed by atoms with Crippen LogP contribution in [0.25, 0.3) is 0 Å². The van der Waals surface area contributed by atoms with Gasteiger partial charge in [-0.05, 0) is 56.4 Å². The van der Waals surface area contributed by atoms with Gasteiger partial charge in [-0.25, -0.2) is 0 Å². The van der Waals surface area contributed by atoms with Crippen LogP contribution in [0.3, 0.4) is 0 Å². The maximum Gasteiger partial charge on any atom is 0.225 e. The van der Waals surface area contributed by atoms with E-state index in [1.165, 1.54) is 5.56 Å². The standard InChI is InChI=1S/C22H30N2O2/c25-21(10-4-8-17-6-2-1-3-7-17)23-15-13-20-19(16-23)9-5-14-24(20)22(26)18-11-12-18/h1-3,6-7,18-20H,4-5,8-16H2/t19-,20+/m1/s1. The highest BCUT2D eigenvalue weighted by Crippen LogP contribution is 2.37. The second-order valence-electron chi connectivity index (χ2n) is 8.24. The van der Waals surface area contributed by atoms with Crippen molar-refractivity contribution in [1.82, 2.24) is 9.80 Å². The number of piperidine rings is 2. The molecule has 1 aliphatic carbocycles. The van der Waals surface area contributed by atoms with Crippen molar-refractivity contribution in [1.29, 1.82) is 0 Å². The number of amides is 2. The van der Waals surface area contributed by atoms with Gasteiger partial charge in [-0.1, -0.05) is 30.3 Å². The van der Waals surface area contributed by atoms with Crippen LogP contribution < -0.4 is 0 Å². The average molecular weight is 354 g/mol. The van der Waals surface area contributed by atoms with Gasteiger partial charge in [0, 0.05) is 38.0 Å². The topological polar surface area (TPSA) is 40.6 Å². The normalized spacial score (nSPS) is 25.7. The van der Waals surface area contributed by atoms with Crippen LogP contribution in [0.4, 0.5) is 0 Å². The molecule has 4 nitrogen and oxygen atoms in total. The lowest BCUT2D eigenvalue weighted by Gasteiger charge is -2.47. The van der Waals surface area contributed by atoms with Crippen molar-refractivity contribution < 1.29 is 9.59 Å². The third kappa shape index (κ3) is 3.94. The van der Waals surface area contributed by atoms with E-state index in [4.69, 9.17) is 0 Å². The van der Waals surface area contributed by atoms with Crippen LogP contribution in [-0.2, 0) is 16.0 Å². The smallest absolute Gasteiger partial charge is 0.225 e. The molecule has 2 saturated heterocycles. The molecule has 0 radical (unpaired) electrons. The Labute approximate surface area is 156 Å². The van der Waals surface area contributed by atoms with E-state index in [1.54, 1.807) is 0 Å². The van der Waals surface area contributed by atoms with E-state index in [0.29, 0.717) is 36.1 Å². The van der Waals surface area contributed by atoms with E-state index in [9.17, 15) is 9.59 Å². The van der Waals surface area contributed by atoms with E-state index < -0.39 is 0 Å². The summed E-state index contributed by atoms with van der Waals surface area (Å²) in [6, 6.07) is 10.8. The van der Waals surface area contributed by atoms with Gasteiger partial charge in [0.1, 0.15) is 0 Å². The number of aryl methyl sites for hydroxylation is 1. The molecule has 4 rings (SSSR count). The molecule has 1 aromatic carbocycles. The molecular formula is C22H30N2O2. The molecule has 1 saturated carbocycles. The summed E-state index contributed by atoms with van der Waals surface area (Å²) in [5, 5.41) is 0. The van der Waals surface area contributed by atoms with Crippen LogP contribution >= 0.6 is 0 Å². The Kier molecular flexibility index (Phi) is 5.28. The summed E-state index contributed by atoms with van der Waals surface area (Å²) in [4.78, 5) is 29.4. The first kappa shape index (κ1) is 17.6. The summed E-state index contributed by atoms with van der Waals surface area (Å²) in [5.74, 6) is 1.48. The third-order valence-corrected chi connectivity index (χ3v) is 6.33. The number of benzene rings is 1. The molecular weight excluding hydrogens is 324 g/mol. The number of likely N-dealkylation sites (tertiary alicyclic amines) is 2. The van der Waals surface area contributed by atoms with Crippen molar-refractivity contribution in [3.05, 3.63) is 35.9 Å². The minimum absolute atomic E-state index is 0.296. The second-order valence-corrected chi connectivity index (χ2v) is 8.24. The van der Waals surface area contributed by atoms with Crippen molar-refractivity contribution in [2.24, 2.45) is 11.8 Å². The molecule has 26 heavy (non-hydrogen) atoms. The molecule has 1 aromatic rings. The Balaban J connectivity index is 1.27. The summed E-state index contributed by atoms with van der Waals surface area (Å²) in [6.07, 6.45) is 7.90. The molecule has 140 valence electrons. The molecule has 2 atom stereocenters. The highest BCUT2D eigenvalue weighted by molar-refractivity contribution is 5.81. The van der Waals surface area contributed by atoms with Gasteiger partial charge in [-0.15, -0.1) is 0 Å². The Morgan fingerprint density at radius 3 is 2.58 bits per heavy atom. The quantitative estimate of drug-likeness (QED) is 0.814. The summed E-state index contributed by atoms with van der Waals surface area (Å²) in [7, 11) is 0. The van der Waals surface area contributed by atoms with E-state index in [2.05, 4.69) is 34.1 Å². The lowest BCUT2D eigenvalue weighted by molar-refractivity contribution is -0.142. The summed E-state index contributed by atoms with van der Waals surface area (Å²) in [5.41, 5.74) is 1.31. The van der Waals surface area contributed by atoms with Gasteiger partial charge >= 0.3 is 0 Å². The number of nitrogens with zero attached hydrogens (tertiary/aromatic N) is 2. The SMILES string of the molecule is O=C(CCCc1ccccc1)N1CC[C@H]2[C@H](CCCN2C(=O)C2CC2)C1. The molecule has 2 heterocycles. The summed E-state index contributed by atoms with van der Waals surface area (Å²) >= 11 is 0. The van der Waals surface area contributed by atoms with Gasteiger partial charge in [0.25, 0.3) is 0 Å². The Morgan fingerprint density at radius 2 is 1.81 bits per heavy atom. The molecule has 2 amide bonds. The molecule has 0 bridgehead atoms. The predicted octanol–water partition coefficient (Wildman–Crippen LogP) is 3.26. The van der Waals surface area contributed by atoms with Crippen LogP contribution in [0.15, 0.2) is 30.3 Å². The van der Waals surface area contributed by atoms with Crippen molar-refractivity contribution >= 4 is 11.8 Å². The predicted molar refractivity (Wildman–Crippen MR) is 102 cm³/mol. The Hall–Kier alpha value is -1.84. The Bertz CT molecular complexity index is 641. The van der Waals surface area contributed by atoms with Crippen LogP contribution in [0.5, 0.6) is 0 Å². The lowest BCUT2D eigenvalue weighted by atomic mass is 9.83. The molecule has 0 unspecified atom stereocenters. The van der Waals surface area contributed by atoms with Gasteiger partial charge in [0.2, 0.25) is 11.8 Å². The lowest BCUT2D eigenvalue weighted by Crippen LogP contribution is -2.57. The minimum Gasteiger partial charge on any atom is -0.342 e. The van der Waals surface area contributed by atoms with Gasteiger partial charge in [-0.2, -0.15) is 0 Å². The van der Waals surface area contributed by atoms with E-state index in [-0.39, 0.29) is 0 Å². The van der Waals surface area contributed by atoms with Crippen molar-refractivity contribution in [3.8, 4) is 0 Å². The van der Waals surface area contributed by atoms with Crippen molar-refractivity contribution in [3.63, 3.8) is 0 Å². The zero-order valence-corrected chi connectivity index (χ0v) is 15.6. The highest BCUT2D eigenvalue weighted by Gasteiger charge is 2.42. The van der Waals surface area contributed by atoms with Gasteiger partial charge in [-0.3, -0.25) is 9.59 Å². The maximum absolute atomic E-state index is 12.6. The number of carbonyl (C=O) groups is 2. The van der Waals surface area contributed by atoms with Crippen LogP contribution in [0, 0.1) is 11.8 Å². The van der Waals surface area contributed by atoms with Crippen LogP contribution in [0.1, 0.15) is 50.5 Å². The molecule has 0 spiro atoms. The average Bonchev–Trinajstić information content (AvgIpc) is 3.52. The highest BCUT2D eigenvalue weighted by atomic mass is 16.2. The first-order chi connectivity index (χ1) is 12.7. The number of carbonyl (C=O) groups excluding carboxylic acids is 2. The largest absolute Gasteiger partial charge is 0.342 e. The fourth-order valence-electron chi connectivity index (χ4n) is 4.71. The van der Waals surface area contributed by atoms with E-state index in [0.717, 1.165) is 64.6 Å². The van der Waals surface area contributed by atoms with Crippen molar-refractivity contribution in [2.75, 3.05) is 19.6 Å². The number of hydrogen-bond donors (Lipinski definition) is 0. The number of fused-ring (bicyclic) bond motifs is 1. The summed E-state index contributed by atoms with van der Waals surface area (Å²) < 4.78 is 0. The molecule has 0 N–H and O–H groups in total. The van der Waals surface area contributed by atoms with E-state index in [1.807, 2.05) is 6.07 Å². The first-order valence-corrected chi connectivity index (χ1v) is 10.3. The van der Waals surface area contributed by atoms with Gasteiger partial charge in [0.05, 0.1) is 0 Å². The second kappa shape index (κ2) is 7.81.